The van der Waals surface area contributed by atoms with Gasteiger partial charge in [-0.2, -0.15) is 0 Å². The van der Waals surface area contributed by atoms with Gasteiger partial charge >= 0.3 is 14.1 Å². The molecule has 2 atom stereocenters. The minimum absolute atomic E-state index is 1.12. The summed E-state index contributed by atoms with van der Waals surface area (Å²) < 4.78 is 24.2. The zero-order valence-corrected chi connectivity index (χ0v) is 7.18. The van der Waals surface area contributed by atoms with Crippen LogP contribution in [0.15, 0.2) is 0 Å². The van der Waals surface area contributed by atoms with E-state index in [2.05, 4.69) is 4.31 Å². The summed E-state index contributed by atoms with van der Waals surface area (Å²) in [4.78, 5) is 0. The van der Waals surface area contributed by atoms with Gasteiger partial charge in [0, 0.05) is 6.66 Å². The zero-order chi connectivity index (χ0) is 6.78. The van der Waals surface area contributed by atoms with Crippen molar-refractivity contribution in [3.05, 3.63) is 0 Å². The molecule has 0 spiro atoms. The molecule has 8 heavy (non-hydrogen) atoms. The molecule has 0 radical (unpaired) electrons. The van der Waals surface area contributed by atoms with E-state index < -0.39 is 14.1 Å². The summed E-state index contributed by atoms with van der Waals surface area (Å²) in [6.45, 7) is -2.05. The van der Waals surface area contributed by atoms with E-state index in [1.54, 1.807) is 0 Å². The van der Waals surface area contributed by atoms with Crippen molar-refractivity contribution in [3.63, 3.8) is 0 Å². The Labute approximate surface area is 57.2 Å². The van der Waals surface area contributed by atoms with Crippen molar-refractivity contribution in [3.8, 4) is 0 Å². The first kappa shape index (κ1) is 8.87. The molecule has 0 aromatic heterocycles. The summed E-state index contributed by atoms with van der Waals surface area (Å²) in [5.74, 6) is 0. The average molecular weight is 196 g/mol. The van der Waals surface area contributed by atoms with E-state index in [0.717, 1.165) is 6.66 Å². The van der Waals surface area contributed by atoms with Gasteiger partial charge in [0.15, 0.2) is 0 Å². The molecule has 0 aliphatic rings. The first-order chi connectivity index (χ1) is 3.42. The maximum atomic E-state index is 10.3. The highest BCUT2D eigenvalue weighted by atomic mass is 35.7. The monoisotopic (exact) mass is 195 g/mol. The van der Waals surface area contributed by atoms with E-state index in [9.17, 15) is 9.13 Å². The summed E-state index contributed by atoms with van der Waals surface area (Å²) in [5, 5.41) is 0. The van der Waals surface area contributed by atoms with Crippen molar-refractivity contribution < 1.29 is 13.4 Å². The standard InChI is InChI=1S/CH3Cl2O3P2/c1-8(3,5)6-7(2)4/h1H3/q+1. The minimum Gasteiger partial charge on any atom is -0.271 e. The Balaban J connectivity index is 3.74. The molecule has 0 saturated carbocycles. The van der Waals surface area contributed by atoms with E-state index in [4.69, 9.17) is 22.5 Å². The van der Waals surface area contributed by atoms with Gasteiger partial charge in [0.25, 0.3) is 0 Å². The van der Waals surface area contributed by atoms with Crippen molar-refractivity contribution in [2.75, 3.05) is 6.66 Å². The van der Waals surface area contributed by atoms with Crippen molar-refractivity contribution in [1.29, 1.82) is 0 Å². The Morgan fingerprint density at radius 3 is 2.12 bits per heavy atom. The molecule has 0 aliphatic heterocycles. The number of hydrogen-bond acceptors (Lipinski definition) is 3. The van der Waals surface area contributed by atoms with Gasteiger partial charge < -0.3 is 0 Å². The van der Waals surface area contributed by atoms with E-state index in [1.165, 1.54) is 0 Å². The number of hydrogen-bond donors (Lipinski definition) is 0. The third-order valence-corrected chi connectivity index (χ3v) is 3.00. The second-order valence-electron chi connectivity index (χ2n) is 1.04. The Bertz CT molecular complexity index is 138. The summed E-state index contributed by atoms with van der Waals surface area (Å²) >= 11 is 9.79. The summed E-state index contributed by atoms with van der Waals surface area (Å²) in [7, 11) is -2.36. The molecule has 0 saturated heterocycles. The molecule has 0 fully saturated rings. The van der Waals surface area contributed by atoms with Gasteiger partial charge in [0.2, 0.25) is 11.2 Å². The maximum Gasteiger partial charge on any atom is 0.641 e. The molecular weight excluding hydrogens is 193 g/mol. The van der Waals surface area contributed by atoms with Crippen LogP contribution in [-0.2, 0) is 13.4 Å². The molecule has 0 aromatic carbocycles. The highest BCUT2D eigenvalue weighted by Crippen LogP contribution is 2.57. The number of rotatable bonds is 2. The van der Waals surface area contributed by atoms with Gasteiger partial charge in [-0.25, -0.2) is 0 Å². The molecule has 48 valence electrons. The average Bonchev–Trinajstić information content (AvgIpc) is 1.21. The lowest BCUT2D eigenvalue weighted by Gasteiger charge is -1.86. The lowest BCUT2D eigenvalue weighted by atomic mass is 12.0. The molecule has 0 aliphatic carbocycles. The minimum atomic E-state index is -3.17. The molecule has 3 nitrogen and oxygen atoms in total. The topological polar surface area (TPSA) is 43.4 Å². The first-order valence-electron chi connectivity index (χ1n) is 1.52. The molecular formula is CH3Cl2O3P2+. The fourth-order valence-electron chi connectivity index (χ4n) is 0.115. The van der Waals surface area contributed by atoms with Crippen molar-refractivity contribution in [2.45, 2.75) is 0 Å². The molecule has 0 rings (SSSR count). The lowest BCUT2D eigenvalue weighted by molar-refractivity contribution is 0.497. The van der Waals surface area contributed by atoms with Crippen LogP contribution < -0.4 is 0 Å². The summed E-state index contributed by atoms with van der Waals surface area (Å²) in [6, 6.07) is 0. The van der Waals surface area contributed by atoms with E-state index in [-0.39, 0.29) is 0 Å². The third kappa shape index (κ3) is 6.87. The molecule has 0 bridgehead atoms. The Morgan fingerprint density at radius 2 is 2.12 bits per heavy atom. The van der Waals surface area contributed by atoms with Crippen LogP contribution in [0, 0.1) is 0 Å². The zero-order valence-electron chi connectivity index (χ0n) is 3.88. The Kier molecular flexibility index (Phi) is 3.49. The van der Waals surface area contributed by atoms with Crippen molar-refractivity contribution in [2.24, 2.45) is 0 Å². The normalized spacial score (nSPS) is 19.6. The van der Waals surface area contributed by atoms with Crippen LogP contribution in [0.5, 0.6) is 0 Å². The van der Waals surface area contributed by atoms with Gasteiger partial charge in [-0.15, -0.1) is 0 Å². The van der Waals surface area contributed by atoms with E-state index in [1.807, 2.05) is 0 Å². The van der Waals surface area contributed by atoms with Crippen LogP contribution >= 0.6 is 36.6 Å². The summed E-state index contributed by atoms with van der Waals surface area (Å²) in [5.41, 5.74) is 0. The summed E-state index contributed by atoms with van der Waals surface area (Å²) in [6.07, 6.45) is 0. The van der Waals surface area contributed by atoms with Crippen LogP contribution in [-0.4, -0.2) is 6.66 Å². The maximum absolute atomic E-state index is 10.3. The largest absolute Gasteiger partial charge is 0.641 e. The molecule has 0 heterocycles. The van der Waals surface area contributed by atoms with Crippen LogP contribution in [0.4, 0.5) is 0 Å². The van der Waals surface area contributed by atoms with Gasteiger partial charge in [0.05, 0.1) is 0 Å². The fourth-order valence-corrected chi connectivity index (χ4v) is 2.88. The molecule has 2 unspecified atom stereocenters. The van der Waals surface area contributed by atoms with Gasteiger partial charge in [-0.3, -0.25) is 4.57 Å². The SMILES string of the molecule is CP(=O)(Cl)O[P+](=O)Cl. The second kappa shape index (κ2) is 3.14. The highest BCUT2D eigenvalue weighted by molar-refractivity contribution is 7.90. The molecule has 0 amide bonds. The third-order valence-electron chi connectivity index (χ3n) is 0.210. The van der Waals surface area contributed by atoms with Gasteiger partial charge in [-0.1, -0.05) is 4.31 Å². The van der Waals surface area contributed by atoms with Crippen LogP contribution in [0.1, 0.15) is 0 Å². The van der Waals surface area contributed by atoms with Crippen molar-refractivity contribution in [1.82, 2.24) is 0 Å². The second-order valence-corrected chi connectivity index (χ2v) is 6.28. The molecule has 0 aromatic rings. The van der Waals surface area contributed by atoms with E-state index in [0.29, 0.717) is 0 Å². The Hall–Kier alpha value is 0.870. The van der Waals surface area contributed by atoms with Crippen molar-refractivity contribution >= 4 is 36.6 Å². The van der Waals surface area contributed by atoms with Crippen LogP contribution in [0.2, 0.25) is 0 Å². The lowest BCUT2D eigenvalue weighted by Crippen LogP contribution is -1.62. The van der Waals surface area contributed by atoms with Gasteiger partial charge in [0.1, 0.15) is 0 Å². The molecule has 7 heteroatoms. The predicted octanol–water partition coefficient (Wildman–Crippen LogP) is 2.96. The van der Waals surface area contributed by atoms with Crippen LogP contribution in [0.25, 0.3) is 0 Å². The first-order valence-corrected chi connectivity index (χ1v) is 6.58. The predicted molar refractivity (Wildman–Crippen MR) is 33.9 cm³/mol. The fraction of sp³-hybridized carbons (Fsp3) is 1.00. The van der Waals surface area contributed by atoms with Gasteiger partial charge in [-0.05, 0) is 15.8 Å². The Morgan fingerprint density at radius 1 is 1.75 bits per heavy atom. The number of halogens is 2. The van der Waals surface area contributed by atoms with Crippen LogP contribution in [0.3, 0.4) is 0 Å². The smallest absolute Gasteiger partial charge is 0.271 e. The molecule has 0 N–H and O–H groups in total. The van der Waals surface area contributed by atoms with E-state index >= 15 is 0 Å². The quantitative estimate of drug-likeness (QED) is 0.637. The highest BCUT2D eigenvalue weighted by Gasteiger charge is 2.26.